The molecule has 0 aliphatic rings. The van der Waals surface area contributed by atoms with Gasteiger partial charge in [-0.15, -0.1) is 11.8 Å². The van der Waals surface area contributed by atoms with Crippen LogP contribution in [0.5, 0.6) is 0 Å². The minimum absolute atomic E-state index is 0.137. The van der Waals surface area contributed by atoms with Crippen LogP contribution in [0.25, 0.3) is 0 Å². The molecule has 94 valence electrons. The summed E-state index contributed by atoms with van der Waals surface area (Å²) in [5, 5.41) is 3.03. The predicted octanol–water partition coefficient (Wildman–Crippen LogP) is 2.62. The third-order valence-electron chi connectivity index (χ3n) is 2.60. The van der Waals surface area contributed by atoms with Crippen molar-refractivity contribution in [3.63, 3.8) is 0 Å². The second kappa shape index (κ2) is 8.12. The number of amides is 1. The van der Waals surface area contributed by atoms with E-state index < -0.39 is 0 Å². The number of nitrogens with zero attached hydrogens (tertiary/aromatic N) is 1. The fourth-order valence-corrected chi connectivity index (χ4v) is 2.30. The second-order valence-corrected chi connectivity index (χ2v) is 4.91. The molecule has 0 aliphatic carbocycles. The summed E-state index contributed by atoms with van der Waals surface area (Å²) >= 11 is 1.64. The summed E-state index contributed by atoms with van der Waals surface area (Å²) in [6, 6.07) is 4.28. The third-order valence-corrected chi connectivity index (χ3v) is 3.61. The summed E-state index contributed by atoms with van der Waals surface area (Å²) in [6.07, 6.45) is 5.55. The van der Waals surface area contributed by atoms with Crippen molar-refractivity contribution in [1.82, 2.24) is 10.3 Å². The highest BCUT2D eigenvalue weighted by atomic mass is 32.2. The number of carbonyl (C=O) groups is 1. The van der Waals surface area contributed by atoms with E-state index in [2.05, 4.69) is 24.1 Å². The van der Waals surface area contributed by atoms with Crippen LogP contribution in [0.2, 0.25) is 0 Å². The van der Waals surface area contributed by atoms with Crippen LogP contribution in [0, 0.1) is 0 Å². The average molecular weight is 252 g/mol. The number of aromatic nitrogens is 1. The Morgan fingerprint density at radius 2 is 2.00 bits per heavy atom. The van der Waals surface area contributed by atoms with Gasteiger partial charge in [0.15, 0.2) is 0 Å². The molecule has 1 amide bonds. The third kappa shape index (κ3) is 5.73. The van der Waals surface area contributed by atoms with Crippen LogP contribution < -0.4 is 5.32 Å². The van der Waals surface area contributed by atoms with Crippen molar-refractivity contribution < 1.29 is 4.79 Å². The average Bonchev–Trinajstić information content (AvgIpc) is 2.37. The van der Waals surface area contributed by atoms with Crippen molar-refractivity contribution in [3.8, 4) is 0 Å². The zero-order valence-corrected chi connectivity index (χ0v) is 11.3. The largest absolute Gasteiger partial charge is 0.353 e. The lowest BCUT2D eigenvalue weighted by Crippen LogP contribution is -2.35. The minimum atomic E-state index is 0.137. The molecule has 1 heterocycles. The van der Waals surface area contributed by atoms with Crippen molar-refractivity contribution in [2.75, 3.05) is 5.75 Å². The fourth-order valence-electron chi connectivity index (χ4n) is 1.50. The van der Waals surface area contributed by atoms with Crippen LogP contribution in [0.1, 0.15) is 32.3 Å². The first kappa shape index (κ1) is 14.0. The minimum Gasteiger partial charge on any atom is -0.353 e. The number of carbonyl (C=O) groups excluding carboxylic acids is 1. The standard InChI is InChI=1S/C13H20N2OS/c1-3-12(4-2)15-13(16)10-17-9-11-5-7-14-8-6-11/h5-8,12H,3-4,9-10H2,1-2H3,(H,15,16). The van der Waals surface area contributed by atoms with E-state index in [1.54, 1.807) is 24.2 Å². The molecule has 1 N–H and O–H groups in total. The van der Waals surface area contributed by atoms with E-state index >= 15 is 0 Å². The van der Waals surface area contributed by atoms with Crippen molar-refractivity contribution in [1.29, 1.82) is 0 Å². The van der Waals surface area contributed by atoms with Gasteiger partial charge in [0, 0.05) is 24.2 Å². The molecule has 0 atom stereocenters. The van der Waals surface area contributed by atoms with E-state index in [4.69, 9.17) is 0 Å². The first-order chi connectivity index (χ1) is 8.26. The highest BCUT2D eigenvalue weighted by molar-refractivity contribution is 7.99. The maximum absolute atomic E-state index is 11.6. The van der Waals surface area contributed by atoms with Crippen LogP contribution in [0.15, 0.2) is 24.5 Å². The van der Waals surface area contributed by atoms with Gasteiger partial charge in [0.05, 0.1) is 5.75 Å². The summed E-state index contributed by atoms with van der Waals surface area (Å²) in [5.74, 6) is 1.52. The number of rotatable bonds is 7. The summed E-state index contributed by atoms with van der Waals surface area (Å²) in [5.41, 5.74) is 1.21. The van der Waals surface area contributed by atoms with Gasteiger partial charge in [-0.3, -0.25) is 9.78 Å². The van der Waals surface area contributed by atoms with Gasteiger partial charge in [-0.25, -0.2) is 0 Å². The Balaban J connectivity index is 2.20. The Bertz CT molecular complexity index is 325. The van der Waals surface area contributed by atoms with E-state index in [1.165, 1.54) is 5.56 Å². The number of pyridine rings is 1. The molecule has 3 nitrogen and oxygen atoms in total. The monoisotopic (exact) mass is 252 g/mol. The molecule has 0 unspecified atom stereocenters. The molecule has 1 aromatic rings. The van der Waals surface area contributed by atoms with Crippen LogP contribution in [0.4, 0.5) is 0 Å². The molecule has 0 spiro atoms. The van der Waals surface area contributed by atoms with Gasteiger partial charge in [-0.2, -0.15) is 0 Å². The smallest absolute Gasteiger partial charge is 0.230 e. The van der Waals surface area contributed by atoms with Crippen molar-refractivity contribution in [2.45, 2.75) is 38.5 Å². The van der Waals surface area contributed by atoms with Gasteiger partial charge in [0.2, 0.25) is 5.91 Å². The Kier molecular flexibility index (Phi) is 6.70. The van der Waals surface area contributed by atoms with Gasteiger partial charge in [-0.1, -0.05) is 13.8 Å². The number of hydrogen-bond donors (Lipinski definition) is 1. The highest BCUT2D eigenvalue weighted by Crippen LogP contribution is 2.10. The molecule has 17 heavy (non-hydrogen) atoms. The molecule has 1 aromatic heterocycles. The Hall–Kier alpha value is -1.03. The maximum atomic E-state index is 11.6. The summed E-state index contributed by atoms with van der Waals surface area (Å²) < 4.78 is 0. The van der Waals surface area contributed by atoms with Crippen molar-refractivity contribution >= 4 is 17.7 Å². The van der Waals surface area contributed by atoms with Gasteiger partial charge < -0.3 is 5.32 Å². The predicted molar refractivity (Wildman–Crippen MR) is 72.9 cm³/mol. The molecule has 0 saturated heterocycles. The summed E-state index contributed by atoms with van der Waals surface area (Å²) in [7, 11) is 0. The van der Waals surface area contributed by atoms with Crippen LogP contribution >= 0.6 is 11.8 Å². The molecule has 0 radical (unpaired) electrons. The maximum Gasteiger partial charge on any atom is 0.230 e. The van der Waals surface area contributed by atoms with Crippen LogP contribution in [0.3, 0.4) is 0 Å². The van der Waals surface area contributed by atoms with Crippen LogP contribution in [-0.2, 0) is 10.5 Å². The molecule has 0 aliphatic heterocycles. The molecular weight excluding hydrogens is 232 g/mol. The quantitative estimate of drug-likeness (QED) is 0.811. The normalized spacial score (nSPS) is 10.5. The summed E-state index contributed by atoms with van der Waals surface area (Å²) in [6.45, 7) is 4.19. The SMILES string of the molecule is CCC(CC)NC(=O)CSCc1ccncc1. The second-order valence-electron chi connectivity index (χ2n) is 3.93. The lowest BCUT2D eigenvalue weighted by atomic mass is 10.2. The highest BCUT2D eigenvalue weighted by Gasteiger charge is 2.07. The van der Waals surface area contributed by atoms with E-state index in [9.17, 15) is 4.79 Å². The van der Waals surface area contributed by atoms with Gasteiger partial charge in [-0.05, 0) is 30.5 Å². The van der Waals surface area contributed by atoms with Crippen molar-refractivity contribution in [2.24, 2.45) is 0 Å². The lowest BCUT2D eigenvalue weighted by Gasteiger charge is -2.14. The van der Waals surface area contributed by atoms with E-state index in [0.717, 1.165) is 18.6 Å². The lowest BCUT2D eigenvalue weighted by molar-refractivity contribution is -0.119. The first-order valence-electron chi connectivity index (χ1n) is 6.02. The first-order valence-corrected chi connectivity index (χ1v) is 7.17. The van der Waals surface area contributed by atoms with E-state index in [0.29, 0.717) is 11.8 Å². The Labute approximate surface area is 107 Å². The van der Waals surface area contributed by atoms with Gasteiger partial charge in [0.1, 0.15) is 0 Å². The molecule has 1 rings (SSSR count). The number of hydrogen-bond acceptors (Lipinski definition) is 3. The van der Waals surface area contributed by atoms with E-state index in [1.807, 2.05) is 12.1 Å². The van der Waals surface area contributed by atoms with Gasteiger partial charge >= 0.3 is 0 Å². The number of nitrogens with one attached hydrogen (secondary N) is 1. The zero-order valence-electron chi connectivity index (χ0n) is 10.5. The summed E-state index contributed by atoms with van der Waals surface area (Å²) in [4.78, 5) is 15.6. The molecular formula is C13H20N2OS. The number of thioether (sulfide) groups is 1. The molecule has 4 heteroatoms. The Morgan fingerprint density at radius 1 is 1.35 bits per heavy atom. The van der Waals surface area contributed by atoms with Crippen LogP contribution in [-0.4, -0.2) is 22.7 Å². The molecule has 0 aromatic carbocycles. The Morgan fingerprint density at radius 3 is 2.59 bits per heavy atom. The van der Waals surface area contributed by atoms with Crippen molar-refractivity contribution in [3.05, 3.63) is 30.1 Å². The molecule has 0 fully saturated rings. The van der Waals surface area contributed by atoms with E-state index in [-0.39, 0.29) is 5.91 Å². The zero-order chi connectivity index (χ0) is 12.5. The topological polar surface area (TPSA) is 42.0 Å². The fraction of sp³-hybridized carbons (Fsp3) is 0.538. The molecule has 0 saturated carbocycles. The molecule has 0 bridgehead atoms. The van der Waals surface area contributed by atoms with Gasteiger partial charge in [0.25, 0.3) is 0 Å².